The number of aryl methyl sites for hydroxylation is 14. The summed E-state index contributed by atoms with van der Waals surface area (Å²) in [5.74, 6) is 1.87. The second-order valence-electron chi connectivity index (χ2n) is 38.3. The first-order valence-electron chi connectivity index (χ1n) is 44.3. The molecule has 16 aromatic carbocycles. The lowest BCUT2D eigenvalue weighted by atomic mass is 9.70. The number of hydrogen-bond donors (Lipinski definition) is 0. The smallest absolute Gasteiger partial charge is 0.0543 e. The number of rotatable bonds is 17. The highest BCUT2D eigenvalue weighted by Crippen LogP contribution is 2.59. The van der Waals surface area contributed by atoms with Gasteiger partial charge in [0.15, 0.2) is 0 Å². The minimum Gasteiger partial charge on any atom is -0.309 e. The molecule has 0 radical (unpaired) electrons. The molecule has 0 fully saturated rings. The van der Waals surface area contributed by atoms with Crippen LogP contribution in [0.25, 0.3) is 64.6 Å². The first kappa shape index (κ1) is 80.2. The predicted molar refractivity (Wildman–Crippen MR) is 520 cm³/mol. The van der Waals surface area contributed by atoms with Gasteiger partial charge in [-0.05, 0) is 360 Å². The fourth-order valence-electron chi connectivity index (χ4n) is 21.1. The van der Waals surface area contributed by atoms with E-state index in [1.165, 1.54) is 244 Å². The molecule has 18 rings (SSSR count). The lowest BCUT2D eigenvalue weighted by Crippen LogP contribution is -2.24. The van der Waals surface area contributed by atoms with Gasteiger partial charge in [0.05, 0.1) is 45.5 Å². The molecule has 0 heterocycles. The second-order valence-corrected chi connectivity index (χ2v) is 38.3. The number of nitrogens with zero attached hydrogens (tertiary/aromatic N) is 4. The van der Waals surface area contributed by atoms with Crippen LogP contribution < -0.4 is 19.6 Å². The number of anilines is 12. The zero-order valence-electron chi connectivity index (χ0n) is 75.4. The molecule has 4 nitrogen and oxygen atoms in total. The Morgan fingerprint density at radius 2 is 0.555 bits per heavy atom. The molecular weight excluding hydrogens is 1440 g/mol. The van der Waals surface area contributed by atoms with Gasteiger partial charge in [-0.3, -0.25) is 0 Å². The van der Waals surface area contributed by atoms with E-state index in [1.807, 2.05) is 0 Å². The van der Waals surface area contributed by atoms with E-state index in [-0.39, 0.29) is 10.8 Å². The van der Waals surface area contributed by atoms with Gasteiger partial charge < -0.3 is 19.6 Å². The molecule has 2 aliphatic carbocycles. The van der Waals surface area contributed by atoms with E-state index in [0.717, 1.165) is 32.1 Å². The molecule has 119 heavy (non-hydrogen) atoms. The summed E-state index contributed by atoms with van der Waals surface area (Å²) in [5, 5.41) is 16.5. The molecule has 0 atom stereocenters. The monoisotopic (exact) mass is 1560 g/mol. The highest BCUT2D eigenvalue weighted by Gasteiger charge is 2.38. The van der Waals surface area contributed by atoms with Crippen molar-refractivity contribution in [3.8, 4) is 0 Å². The Morgan fingerprint density at radius 1 is 0.269 bits per heavy atom. The molecule has 2 aliphatic rings. The zero-order valence-corrected chi connectivity index (χ0v) is 75.4. The molecule has 0 saturated carbocycles. The summed E-state index contributed by atoms with van der Waals surface area (Å²) >= 11 is 0. The lowest BCUT2D eigenvalue weighted by Gasteiger charge is -2.37. The quantitative estimate of drug-likeness (QED) is 0.0843. The van der Waals surface area contributed by atoms with Crippen LogP contribution in [0, 0.1) is 76.2 Å². The van der Waals surface area contributed by atoms with E-state index in [9.17, 15) is 0 Å². The summed E-state index contributed by atoms with van der Waals surface area (Å²) in [6.07, 6.45) is 5.26. The van der Waals surface area contributed by atoms with Gasteiger partial charge in [-0.1, -0.05) is 235 Å². The van der Waals surface area contributed by atoms with Crippen LogP contribution in [0.2, 0.25) is 0 Å². The minimum atomic E-state index is 0.0118. The maximum absolute atomic E-state index is 2.62. The van der Waals surface area contributed by atoms with Crippen LogP contribution in [0.15, 0.2) is 218 Å². The molecule has 4 heteroatoms. The van der Waals surface area contributed by atoms with Gasteiger partial charge in [0, 0.05) is 55.1 Å². The third-order valence-electron chi connectivity index (χ3n) is 27.5. The molecule has 0 saturated heterocycles. The van der Waals surface area contributed by atoms with Crippen LogP contribution in [-0.4, -0.2) is 0 Å². The lowest BCUT2D eigenvalue weighted by molar-refractivity contribution is 0.475. The topological polar surface area (TPSA) is 13.0 Å². The molecular formula is C115H122N4. The Bertz CT molecular complexity index is 6550. The van der Waals surface area contributed by atoms with Crippen molar-refractivity contribution < 1.29 is 0 Å². The molecule has 0 amide bonds. The maximum Gasteiger partial charge on any atom is 0.0543 e. The Kier molecular flexibility index (Phi) is 20.6. The average Bonchev–Trinajstić information content (AvgIpc) is 0.694. The van der Waals surface area contributed by atoms with Crippen molar-refractivity contribution in [1.82, 2.24) is 0 Å². The van der Waals surface area contributed by atoms with Gasteiger partial charge >= 0.3 is 0 Å². The minimum absolute atomic E-state index is 0.0118. The summed E-state index contributed by atoms with van der Waals surface area (Å²) in [6.45, 7) is 55.5. The number of hydrogen-bond acceptors (Lipinski definition) is 4. The van der Waals surface area contributed by atoms with E-state index in [2.05, 4.69) is 404 Å². The highest BCUT2D eigenvalue weighted by molar-refractivity contribution is 6.32. The van der Waals surface area contributed by atoms with E-state index < -0.39 is 0 Å². The Hall–Kier alpha value is -11.2. The van der Waals surface area contributed by atoms with Crippen molar-refractivity contribution in [2.45, 2.75) is 233 Å². The van der Waals surface area contributed by atoms with Gasteiger partial charge in [0.25, 0.3) is 0 Å². The van der Waals surface area contributed by atoms with Crippen LogP contribution in [0.3, 0.4) is 0 Å². The van der Waals surface area contributed by atoms with Crippen LogP contribution in [-0.2, 0) is 30.1 Å². The first-order chi connectivity index (χ1) is 56.8. The van der Waals surface area contributed by atoms with E-state index >= 15 is 0 Å². The van der Waals surface area contributed by atoms with E-state index in [0.29, 0.717) is 23.7 Å². The second kappa shape index (κ2) is 30.6. The maximum atomic E-state index is 2.62. The molecule has 0 aromatic heterocycles. The standard InChI is InChI=1S/C59H64N2.C56H58N2/c1-14-42-31-53(61(47-21-17-44(18-22-47)35(4)5)58-40(10)29-37(7)30-41(58)11)50-33-51-54-45(25-26-59(51,12)13)32-52(49-24-23-48(42)55(50)56(49)54)60(46-19-15-43(16-20-46)34(2)3)57-38(8)27-36(6)28-39(57)9;1-33(2)40-18-22-43(23-19-40)57(54-35(5)14-12-15-36(54)6)49-30-39(9)45-26-27-46-50(31-42-28-29-56(10,11)48-32-47(49)52(45)53(46)51(42)48)58(55-37(7)16-13-17-38(55)8)44-24-20-41(21-25-44)34(3)4/h15-24,27-35H,14,25-26H2,1-13H3;12-27,30-34H,28-29H2,1-11H3. The van der Waals surface area contributed by atoms with Crippen LogP contribution in [0.1, 0.15) is 238 Å². The van der Waals surface area contributed by atoms with Crippen molar-refractivity contribution in [2.24, 2.45) is 0 Å². The predicted octanol–water partition coefficient (Wildman–Crippen LogP) is 33.9. The fourth-order valence-corrected chi connectivity index (χ4v) is 21.1. The van der Waals surface area contributed by atoms with E-state index in [4.69, 9.17) is 0 Å². The molecule has 16 aromatic rings. The van der Waals surface area contributed by atoms with Crippen LogP contribution in [0.4, 0.5) is 68.2 Å². The fraction of sp³-hybridized carbons (Fsp3) is 0.304. The number of para-hydroxylation sites is 2. The van der Waals surface area contributed by atoms with Crippen molar-refractivity contribution in [3.63, 3.8) is 0 Å². The average molecular weight is 1560 g/mol. The third-order valence-corrected chi connectivity index (χ3v) is 27.5. The van der Waals surface area contributed by atoms with Crippen LogP contribution in [0.5, 0.6) is 0 Å². The Balaban J connectivity index is 0.000000170. The van der Waals surface area contributed by atoms with Gasteiger partial charge in [0.2, 0.25) is 0 Å². The van der Waals surface area contributed by atoms with Crippen molar-refractivity contribution in [2.75, 3.05) is 19.6 Å². The zero-order chi connectivity index (χ0) is 84.0. The molecule has 602 valence electrons. The van der Waals surface area contributed by atoms with Crippen molar-refractivity contribution in [1.29, 1.82) is 0 Å². The van der Waals surface area contributed by atoms with Gasteiger partial charge in [0.1, 0.15) is 0 Å². The SMILES string of the molecule is CCc1cc(N(c2ccc(C(C)C)cc2)c2c(C)cc(C)cc2C)c2cc3c4c(cc(N(c5ccc(C(C)C)cc5)c5c(C)cc(C)cc5C)c5ccc1c2c54)CCC3(C)C.Cc1cccc(C)c1N(c1ccc(C(C)C)cc1)c1cc(C)c2ccc3c(N(c4ccc(C(C)C)cc4)c4c(C)cccc4C)cc4c5c(cc1c2c35)C(C)(C)CC4. The largest absolute Gasteiger partial charge is 0.309 e. The molecule has 0 spiro atoms. The van der Waals surface area contributed by atoms with Gasteiger partial charge in [-0.15, -0.1) is 0 Å². The summed E-state index contributed by atoms with van der Waals surface area (Å²) in [5.41, 5.74) is 41.8. The summed E-state index contributed by atoms with van der Waals surface area (Å²) in [6, 6.07) is 85.4. The Labute approximate surface area is 710 Å². The molecule has 0 bridgehead atoms. The van der Waals surface area contributed by atoms with Gasteiger partial charge in [-0.25, -0.2) is 0 Å². The summed E-state index contributed by atoms with van der Waals surface area (Å²) < 4.78 is 0. The number of benzene rings is 16. The van der Waals surface area contributed by atoms with Crippen LogP contribution >= 0.6 is 0 Å². The normalized spacial score (nSPS) is 13.7. The van der Waals surface area contributed by atoms with Crippen molar-refractivity contribution >= 4 is 133 Å². The third kappa shape index (κ3) is 13.7. The molecule has 0 unspecified atom stereocenters. The first-order valence-corrected chi connectivity index (χ1v) is 44.3. The molecule has 0 aliphatic heterocycles. The highest BCUT2D eigenvalue weighted by atomic mass is 15.2. The van der Waals surface area contributed by atoms with Crippen molar-refractivity contribution in [3.05, 3.63) is 330 Å². The Morgan fingerprint density at radius 3 is 0.874 bits per heavy atom. The summed E-state index contributed by atoms with van der Waals surface area (Å²) in [4.78, 5) is 10.3. The summed E-state index contributed by atoms with van der Waals surface area (Å²) in [7, 11) is 0. The van der Waals surface area contributed by atoms with Gasteiger partial charge in [-0.2, -0.15) is 0 Å². The van der Waals surface area contributed by atoms with E-state index in [1.54, 1.807) is 0 Å². The molecule has 0 N–H and O–H groups in total.